The molecule has 0 unspecified atom stereocenters. The lowest BCUT2D eigenvalue weighted by Gasteiger charge is -2.19. The second-order valence-electron chi connectivity index (χ2n) is 3.63. The van der Waals surface area contributed by atoms with Crippen LogP contribution in [0.1, 0.15) is 18.4 Å². The average molecular weight is 208 g/mol. The summed E-state index contributed by atoms with van der Waals surface area (Å²) in [5.74, 6) is -0.220. The lowest BCUT2D eigenvalue weighted by atomic mass is 10.1. The number of hydrogen-bond acceptors (Lipinski definition) is 2. The largest absolute Gasteiger partial charge is 0.326 e. The fourth-order valence-electron chi connectivity index (χ4n) is 1.88. The first-order chi connectivity index (χ1) is 7.22. The van der Waals surface area contributed by atoms with E-state index in [-0.39, 0.29) is 18.3 Å². The molecule has 1 aliphatic rings. The van der Waals surface area contributed by atoms with Crippen LogP contribution in [0.2, 0.25) is 0 Å². The SMILES string of the molecule is NCc1cc(F)ccc1N1CCCC1=O. The van der Waals surface area contributed by atoms with Crippen molar-refractivity contribution in [2.75, 3.05) is 11.4 Å². The molecular formula is C11H13FN2O. The molecule has 2 N–H and O–H groups in total. The Morgan fingerprint density at radius 3 is 2.87 bits per heavy atom. The maximum atomic E-state index is 13.0. The number of nitrogens with two attached hydrogens (primary N) is 1. The minimum atomic E-state index is -0.314. The van der Waals surface area contributed by atoms with Gasteiger partial charge in [-0.05, 0) is 30.2 Å². The molecule has 1 aromatic rings. The molecule has 15 heavy (non-hydrogen) atoms. The van der Waals surface area contributed by atoms with Crippen molar-refractivity contribution in [3.8, 4) is 0 Å². The fourth-order valence-corrected chi connectivity index (χ4v) is 1.88. The van der Waals surface area contributed by atoms with Gasteiger partial charge in [0.1, 0.15) is 5.82 Å². The van der Waals surface area contributed by atoms with Crippen molar-refractivity contribution in [2.24, 2.45) is 5.73 Å². The van der Waals surface area contributed by atoms with Crippen molar-refractivity contribution >= 4 is 11.6 Å². The number of benzene rings is 1. The monoisotopic (exact) mass is 208 g/mol. The number of nitrogens with zero attached hydrogens (tertiary/aromatic N) is 1. The zero-order valence-electron chi connectivity index (χ0n) is 8.37. The number of carbonyl (C=O) groups is 1. The predicted octanol–water partition coefficient (Wildman–Crippen LogP) is 1.41. The Morgan fingerprint density at radius 2 is 2.27 bits per heavy atom. The molecule has 0 atom stereocenters. The summed E-state index contributed by atoms with van der Waals surface area (Å²) in [5.41, 5.74) is 6.96. The summed E-state index contributed by atoms with van der Waals surface area (Å²) < 4.78 is 13.0. The summed E-state index contributed by atoms with van der Waals surface area (Å²) in [6.07, 6.45) is 1.43. The second-order valence-corrected chi connectivity index (χ2v) is 3.63. The summed E-state index contributed by atoms with van der Waals surface area (Å²) in [4.78, 5) is 13.2. The zero-order chi connectivity index (χ0) is 10.8. The minimum Gasteiger partial charge on any atom is -0.326 e. The maximum absolute atomic E-state index is 13.0. The molecule has 3 nitrogen and oxygen atoms in total. The van der Waals surface area contributed by atoms with E-state index >= 15 is 0 Å². The summed E-state index contributed by atoms with van der Waals surface area (Å²) in [6.45, 7) is 0.953. The quantitative estimate of drug-likeness (QED) is 0.798. The summed E-state index contributed by atoms with van der Waals surface area (Å²) in [6, 6.07) is 4.38. The molecule has 1 aliphatic heterocycles. The molecular weight excluding hydrogens is 195 g/mol. The van der Waals surface area contributed by atoms with Crippen LogP contribution in [0.5, 0.6) is 0 Å². The van der Waals surface area contributed by atoms with E-state index in [1.165, 1.54) is 12.1 Å². The summed E-state index contributed by atoms with van der Waals surface area (Å²) in [7, 11) is 0. The van der Waals surface area contributed by atoms with Crippen molar-refractivity contribution in [1.82, 2.24) is 0 Å². The molecule has 0 aromatic heterocycles. The lowest BCUT2D eigenvalue weighted by molar-refractivity contribution is -0.117. The Balaban J connectivity index is 2.38. The van der Waals surface area contributed by atoms with E-state index in [4.69, 9.17) is 5.73 Å². The molecule has 0 saturated carbocycles. The van der Waals surface area contributed by atoms with E-state index in [2.05, 4.69) is 0 Å². The van der Waals surface area contributed by atoms with Crippen molar-refractivity contribution in [2.45, 2.75) is 19.4 Å². The molecule has 0 aliphatic carbocycles. The average Bonchev–Trinajstić information content (AvgIpc) is 2.64. The van der Waals surface area contributed by atoms with Crippen LogP contribution in [0.25, 0.3) is 0 Å². The number of hydrogen-bond donors (Lipinski definition) is 1. The molecule has 0 spiro atoms. The van der Waals surface area contributed by atoms with Crippen LogP contribution in [-0.4, -0.2) is 12.5 Å². The number of halogens is 1. The first kappa shape index (κ1) is 10.1. The highest BCUT2D eigenvalue weighted by molar-refractivity contribution is 5.96. The van der Waals surface area contributed by atoms with Gasteiger partial charge in [-0.1, -0.05) is 0 Å². The number of anilines is 1. The third-order valence-electron chi connectivity index (χ3n) is 2.63. The van der Waals surface area contributed by atoms with Crippen LogP contribution < -0.4 is 10.6 Å². The van der Waals surface area contributed by atoms with Gasteiger partial charge in [0.15, 0.2) is 0 Å². The highest BCUT2D eigenvalue weighted by atomic mass is 19.1. The maximum Gasteiger partial charge on any atom is 0.227 e. The zero-order valence-corrected chi connectivity index (χ0v) is 8.37. The Kier molecular flexibility index (Phi) is 2.68. The number of rotatable bonds is 2. The van der Waals surface area contributed by atoms with Gasteiger partial charge in [-0.2, -0.15) is 0 Å². The summed E-state index contributed by atoms with van der Waals surface area (Å²) >= 11 is 0. The van der Waals surface area contributed by atoms with Gasteiger partial charge in [0, 0.05) is 25.2 Å². The van der Waals surface area contributed by atoms with E-state index < -0.39 is 0 Å². The number of carbonyl (C=O) groups excluding carboxylic acids is 1. The summed E-state index contributed by atoms with van der Waals surface area (Å²) in [5, 5.41) is 0. The van der Waals surface area contributed by atoms with Crippen molar-refractivity contribution in [3.05, 3.63) is 29.6 Å². The standard InChI is InChI=1S/C11H13FN2O/c12-9-3-4-10(8(6-9)7-13)14-5-1-2-11(14)15/h3-4,6H,1-2,5,7,13H2. The van der Waals surface area contributed by atoms with Crippen LogP contribution in [0.15, 0.2) is 18.2 Å². The van der Waals surface area contributed by atoms with Crippen molar-refractivity contribution in [1.29, 1.82) is 0 Å². The van der Waals surface area contributed by atoms with Gasteiger partial charge in [0.2, 0.25) is 5.91 Å². The van der Waals surface area contributed by atoms with E-state index in [0.29, 0.717) is 18.5 Å². The molecule has 1 aromatic carbocycles. The highest BCUT2D eigenvalue weighted by Gasteiger charge is 2.23. The van der Waals surface area contributed by atoms with Gasteiger partial charge in [-0.25, -0.2) is 4.39 Å². The van der Waals surface area contributed by atoms with Crippen LogP contribution in [0.3, 0.4) is 0 Å². The molecule has 1 amide bonds. The third-order valence-corrected chi connectivity index (χ3v) is 2.63. The molecule has 0 bridgehead atoms. The van der Waals surface area contributed by atoms with Crippen molar-refractivity contribution < 1.29 is 9.18 Å². The Bertz CT molecular complexity index is 392. The first-order valence-electron chi connectivity index (χ1n) is 5.01. The fraction of sp³-hybridized carbons (Fsp3) is 0.364. The molecule has 0 radical (unpaired) electrons. The predicted molar refractivity (Wildman–Crippen MR) is 55.9 cm³/mol. The molecule has 1 fully saturated rings. The smallest absolute Gasteiger partial charge is 0.227 e. The molecule has 1 heterocycles. The Hall–Kier alpha value is -1.42. The third kappa shape index (κ3) is 1.85. The van der Waals surface area contributed by atoms with Gasteiger partial charge in [-0.3, -0.25) is 4.79 Å². The molecule has 2 rings (SSSR count). The van der Waals surface area contributed by atoms with Gasteiger partial charge >= 0.3 is 0 Å². The lowest BCUT2D eigenvalue weighted by Crippen LogP contribution is -2.25. The van der Waals surface area contributed by atoms with Crippen LogP contribution in [0.4, 0.5) is 10.1 Å². The normalized spacial score (nSPS) is 16.1. The molecule has 4 heteroatoms. The van der Waals surface area contributed by atoms with Crippen LogP contribution >= 0.6 is 0 Å². The van der Waals surface area contributed by atoms with Crippen LogP contribution in [0, 0.1) is 5.82 Å². The van der Waals surface area contributed by atoms with Crippen molar-refractivity contribution in [3.63, 3.8) is 0 Å². The highest BCUT2D eigenvalue weighted by Crippen LogP contribution is 2.25. The van der Waals surface area contributed by atoms with Gasteiger partial charge in [0.25, 0.3) is 0 Å². The Morgan fingerprint density at radius 1 is 1.47 bits per heavy atom. The topological polar surface area (TPSA) is 46.3 Å². The van der Waals surface area contributed by atoms with Gasteiger partial charge in [-0.15, -0.1) is 0 Å². The van der Waals surface area contributed by atoms with E-state index in [0.717, 1.165) is 12.1 Å². The molecule has 1 saturated heterocycles. The number of amides is 1. The van der Waals surface area contributed by atoms with E-state index in [1.807, 2.05) is 0 Å². The molecule has 80 valence electrons. The van der Waals surface area contributed by atoms with E-state index in [1.54, 1.807) is 11.0 Å². The first-order valence-corrected chi connectivity index (χ1v) is 5.01. The van der Waals surface area contributed by atoms with E-state index in [9.17, 15) is 9.18 Å². The second kappa shape index (κ2) is 3.98. The van der Waals surface area contributed by atoms with Gasteiger partial charge < -0.3 is 10.6 Å². The van der Waals surface area contributed by atoms with Gasteiger partial charge in [0.05, 0.1) is 0 Å². The Labute approximate surface area is 87.7 Å². The minimum absolute atomic E-state index is 0.0938. The van der Waals surface area contributed by atoms with Crippen LogP contribution in [-0.2, 0) is 11.3 Å².